The molecular weight excluding hydrogens is 705 g/mol. The second-order valence-corrected chi connectivity index (χ2v) is 15.8. The first kappa shape index (κ1) is 30.4. The number of hydrogen-bond donors (Lipinski definition) is 0. The van der Waals surface area contributed by atoms with Crippen LogP contribution in [0.15, 0.2) is 183 Å². The number of nitrogens with zero attached hydrogens (tertiary/aromatic N) is 4. The molecule has 58 heavy (non-hydrogen) atoms. The monoisotopic (exact) mass is 734 g/mol. The Labute approximate surface area is 330 Å². The van der Waals surface area contributed by atoms with Crippen LogP contribution in [0.25, 0.3) is 130 Å². The normalized spacial score (nSPS) is 12.5. The van der Waals surface area contributed by atoms with Gasteiger partial charge in [-0.15, -0.1) is 0 Å². The molecule has 4 nitrogen and oxygen atoms in total. The second kappa shape index (κ2) is 10.9. The first-order valence-electron chi connectivity index (χ1n) is 19.9. The Morgan fingerprint density at radius 1 is 0.276 bits per heavy atom. The molecule has 0 fully saturated rings. The van der Waals surface area contributed by atoms with Crippen molar-refractivity contribution in [1.29, 1.82) is 0 Å². The summed E-state index contributed by atoms with van der Waals surface area (Å²) in [4.78, 5) is 9.36. The van der Waals surface area contributed by atoms with Gasteiger partial charge < -0.3 is 9.13 Å². The van der Waals surface area contributed by atoms with E-state index in [1.54, 1.807) is 0 Å². The number of benzene rings is 10. The summed E-state index contributed by atoms with van der Waals surface area (Å²) in [5, 5.41) is 22.4. The lowest BCUT2D eigenvalue weighted by atomic mass is 9.90. The molecule has 4 heterocycles. The van der Waals surface area contributed by atoms with Gasteiger partial charge in [0.25, 0.3) is 0 Å². The molecule has 0 saturated heterocycles. The van der Waals surface area contributed by atoms with Crippen LogP contribution in [0.4, 0.5) is 0 Å². The number of aromatic nitrogens is 4. The summed E-state index contributed by atoms with van der Waals surface area (Å²) in [6, 6.07) is 58.5. The maximum atomic E-state index is 4.68. The van der Waals surface area contributed by atoms with Gasteiger partial charge in [-0.2, -0.15) is 0 Å². The Morgan fingerprint density at radius 2 is 0.690 bits per heavy atom. The molecule has 0 aliphatic carbocycles. The summed E-state index contributed by atoms with van der Waals surface area (Å²) < 4.78 is 4.86. The molecule has 4 heteroatoms. The highest BCUT2D eigenvalue weighted by atomic mass is 15.0. The van der Waals surface area contributed by atoms with Gasteiger partial charge in [-0.3, -0.25) is 9.97 Å². The van der Waals surface area contributed by atoms with Crippen LogP contribution in [0.5, 0.6) is 0 Å². The Balaban J connectivity index is 1.05. The Morgan fingerprint density at radius 3 is 1.19 bits per heavy atom. The van der Waals surface area contributed by atoms with Gasteiger partial charge in [-0.25, -0.2) is 0 Å². The minimum absolute atomic E-state index is 1.14. The van der Waals surface area contributed by atoms with E-state index in [9.17, 15) is 0 Å². The van der Waals surface area contributed by atoms with Gasteiger partial charge in [-0.1, -0.05) is 109 Å². The topological polar surface area (TPSA) is 35.6 Å². The number of hydrogen-bond acceptors (Lipinski definition) is 2. The van der Waals surface area contributed by atoms with Crippen molar-refractivity contribution in [1.82, 2.24) is 19.1 Å². The Bertz CT molecular complexity index is 3830. The zero-order valence-corrected chi connectivity index (χ0v) is 31.1. The molecule has 10 aromatic carbocycles. The standard InChI is InChI=1S/C54H30N4/c1-3-7-39-31(5-1)9-11-33-25-37(15-19-41(33)39)57-47-21-23-55-29-45(47)53-43-17-14-36-28-50-54(44-18-13-35(27-49(53)57)51(43)52(36)44)46-30-56-24-22-48(46)58(50)38-16-20-42-34(26-38)12-10-32-6-2-4-8-40(32)42/h1-30H. The van der Waals surface area contributed by atoms with Crippen molar-refractivity contribution in [3.8, 4) is 11.4 Å². The fourth-order valence-corrected chi connectivity index (χ4v) is 10.5. The van der Waals surface area contributed by atoms with Crippen LogP contribution < -0.4 is 0 Å². The lowest BCUT2D eigenvalue weighted by molar-refractivity contribution is 1.18. The van der Waals surface area contributed by atoms with Crippen LogP contribution in [-0.4, -0.2) is 19.1 Å². The van der Waals surface area contributed by atoms with Crippen molar-refractivity contribution in [2.45, 2.75) is 0 Å². The molecule has 4 aromatic heterocycles. The SMILES string of the molecule is c1ccc2c(c1)ccc1cc(-n3c4ccncc4c4c5ccc6cc7c(c8ccc(cc43)c5c68)c3cnccc3n7-c3ccc4c(ccc5ccccc54)c3)ccc12. The fraction of sp³-hybridized carbons (Fsp3) is 0. The van der Waals surface area contributed by atoms with Crippen LogP contribution in [0.3, 0.4) is 0 Å². The maximum Gasteiger partial charge on any atom is 0.0572 e. The third-order valence-electron chi connectivity index (χ3n) is 12.9. The fourth-order valence-electron chi connectivity index (χ4n) is 10.5. The molecule has 0 unspecified atom stereocenters. The average molecular weight is 735 g/mol. The zero-order chi connectivity index (χ0) is 37.6. The van der Waals surface area contributed by atoms with Crippen molar-refractivity contribution in [2.75, 3.05) is 0 Å². The van der Waals surface area contributed by atoms with E-state index < -0.39 is 0 Å². The molecule has 14 aromatic rings. The lowest BCUT2D eigenvalue weighted by Crippen LogP contribution is -1.95. The van der Waals surface area contributed by atoms with E-state index in [1.165, 1.54) is 97.2 Å². The minimum Gasteiger partial charge on any atom is -0.309 e. The summed E-state index contributed by atoms with van der Waals surface area (Å²) in [5.41, 5.74) is 6.96. The zero-order valence-electron chi connectivity index (χ0n) is 31.1. The van der Waals surface area contributed by atoms with E-state index >= 15 is 0 Å². The molecule has 0 radical (unpaired) electrons. The molecule has 0 bridgehead atoms. The predicted molar refractivity (Wildman–Crippen MR) is 244 cm³/mol. The average Bonchev–Trinajstić information content (AvgIpc) is 3.80. The van der Waals surface area contributed by atoms with Gasteiger partial charge in [0, 0.05) is 57.7 Å². The van der Waals surface area contributed by atoms with E-state index in [-0.39, 0.29) is 0 Å². The van der Waals surface area contributed by atoms with Crippen molar-refractivity contribution in [3.05, 3.63) is 183 Å². The van der Waals surface area contributed by atoms with Crippen LogP contribution in [0.1, 0.15) is 0 Å². The Kier molecular flexibility index (Phi) is 5.73. The van der Waals surface area contributed by atoms with E-state index in [4.69, 9.17) is 0 Å². The van der Waals surface area contributed by atoms with Crippen LogP contribution in [0.2, 0.25) is 0 Å². The summed E-state index contributed by atoms with van der Waals surface area (Å²) in [7, 11) is 0. The van der Waals surface area contributed by atoms with Crippen molar-refractivity contribution in [3.63, 3.8) is 0 Å². The lowest BCUT2D eigenvalue weighted by Gasteiger charge is -2.15. The molecule has 14 rings (SSSR count). The third-order valence-corrected chi connectivity index (χ3v) is 12.9. The number of fused-ring (bicyclic) bond motifs is 14. The van der Waals surface area contributed by atoms with Gasteiger partial charge in [0.15, 0.2) is 0 Å². The largest absolute Gasteiger partial charge is 0.309 e. The highest BCUT2D eigenvalue weighted by molar-refractivity contribution is 6.37. The molecule has 0 aliphatic heterocycles. The molecule has 266 valence electrons. The van der Waals surface area contributed by atoms with Crippen molar-refractivity contribution >= 4 is 119 Å². The van der Waals surface area contributed by atoms with Gasteiger partial charge in [0.05, 0.1) is 22.1 Å². The van der Waals surface area contributed by atoms with E-state index in [2.05, 4.69) is 177 Å². The third kappa shape index (κ3) is 3.88. The van der Waals surface area contributed by atoms with Gasteiger partial charge in [0.1, 0.15) is 0 Å². The molecule has 0 N–H and O–H groups in total. The molecule has 0 atom stereocenters. The van der Waals surface area contributed by atoms with E-state index in [1.807, 2.05) is 24.8 Å². The predicted octanol–water partition coefficient (Wildman–Crippen LogP) is 14.2. The second-order valence-electron chi connectivity index (χ2n) is 15.8. The van der Waals surface area contributed by atoms with Crippen LogP contribution >= 0.6 is 0 Å². The Hall–Kier alpha value is -7.82. The molecule has 0 spiro atoms. The van der Waals surface area contributed by atoms with Gasteiger partial charge in [0.2, 0.25) is 0 Å². The van der Waals surface area contributed by atoms with Crippen LogP contribution in [0, 0.1) is 0 Å². The highest BCUT2D eigenvalue weighted by Crippen LogP contribution is 2.47. The molecule has 0 saturated carbocycles. The smallest absolute Gasteiger partial charge is 0.0572 e. The number of rotatable bonds is 2. The highest BCUT2D eigenvalue weighted by Gasteiger charge is 2.22. The van der Waals surface area contributed by atoms with Crippen molar-refractivity contribution < 1.29 is 0 Å². The summed E-state index contributed by atoms with van der Waals surface area (Å²) >= 11 is 0. The number of pyridine rings is 2. The van der Waals surface area contributed by atoms with E-state index in [0.717, 1.165) is 33.2 Å². The van der Waals surface area contributed by atoms with Crippen molar-refractivity contribution in [2.24, 2.45) is 0 Å². The molecule has 0 aliphatic rings. The first-order chi connectivity index (χ1) is 28.8. The van der Waals surface area contributed by atoms with Gasteiger partial charge >= 0.3 is 0 Å². The van der Waals surface area contributed by atoms with E-state index in [0.29, 0.717) is 0 Å². The molecular formula is C54H30N4. The van der Waals surface area contributed by atoms with Gasteiger partial charge in [-0.05, 0) is 124 Å². The quantitative estimate of drug-likeness (QED) is 0.166. The van der Waals surface area contributed by atoms with Crippen LogP contribution in [-0.2, 0) is 0 Å². The summed E-state index contributed by atoms with van der Waals surface area (Å²) in [6.07, 6.45) is 7.92. The summed E-state index contributed by atoms with van der Waals surface area (Å²) in [6.45, 7) is 0. The minimum atomic E-state index is 1.14. The maximum absolute atomic E-state index is 4.68. The first-order valence-corrected chi connectivity index (χ1v) is 19.9. The molecule has 0 amide bonds. The summed E-state index contributed by atoms with van der Waals surface area (Å²) in [5.74, 6) is 0.